The van der Waals surface area contributed by atoms with Crippen molar-refractivity contribution in [2.24, 2.45) is 4.99 Å². The summed E-state index contributed by atoms with van der Waals surface area (Å²) in [7, 11) is -3.70. The van der Waals surface area contributed by atoms with E-state index in [2.05, 4.69) is 15.0 Å². The third-order valence-corrected chi connectivity index (χ3v) is 6.20. The fourth-order valence-electron chi connectivity index (χ4n) is 3.11. The van der Waals surface area contributed by atoms with E-state index in [-0.39, 0.29) is 23.2 Å². The molecule has 0 saturated heterocycles. The summed E-state index contributed by atoms with van der Waals surface area (Å²) in [6, 6.07) is 15.2. The van der Waals surface area contributed by atoms with Gasteiger partial charge in [-0.3, -0.25) is 14.5 Å². The van der Waals surface area contributed by atoms with Crippen LogP contribution in [0.25, 0.3) is 4.91 Å². The van der Waals surface area contributed by atoms with Crippen molar-refractivity contribution in [2.45, 2.75) is 33.7 Å². The number of aryl methyl sites for hydroxylation is 2. The smallest absolute Gasteiger partial charge is 0.264 e. The summed E-state index contributed by atoms with van der Waals surface area (Å²) in [6.07, 6.45) is 0.485. The first-order valence-corrected chi connectivity index (χ1v) is 11.0. The monoisotopic (exact) mass is 411 g/mol. The van der Waals surface area contributed by atoms with Gasteiger partial charge in [0.1, 0.15) is 17.3 Å². The number of benzene rings is 2. The van der Waals surface area contributed by atoms with Gasteiger partial charge >= 0.3 is 0 Å². The molecule has 7 heteroatoms. The summed E-state index contributed by atoms with van der Waals surface area (Å²) < 4.78 is 27.8. The summed E-state index contributed by atoms with van der Waals surface area (Å²) in [4.78, 5) is 16.7. The molecule has 2 aromatic rings. The highest BCUT2D eigenvalue weighted by atomic mass is 32.2. The van der Waals surface area contributed by atoms with E-state index in [1.165, 1.54) is 0 Å². The van der Waals surface area contributed by atoms with Gasteiger partial charge in [-0.1, -0.05) is 66.6 Å². The Morgan fingerprint density at radius 2 is 1.59 bits per heavy atom. The first kappa shape index (κ1) is 20.8. The van der Waals surface area contributed by atoms with Gasteiger partial charge in [-0.05, 0) is 31.4 Å². The lowest BCUT2D eigenvalue weighted by molar-refractivity contribution is -0.119. The Balaban J connectivity index is 1.75. The summed E-state index contributed by atoms with van der Waals surface area (Å²) in [5, 5.41) is 2.81. The molecule has 0 bridgehead atoms. The molecular formula is C22H25N3O3S. The van der Waals surface area contributed by atoms with Gasteiger partial charge in [-0.25, -0.2) is 8.42 Å². The number of rotatable bonds is 6. The predicted octanol–water partition coefficient (Wildman–Crippen LogP) is 3.07. The molecule has 2 aromatic carbocycles. The second kappa shape index (κ2) is 8.61. The lowest BCUT2D eigenvalue weighted by atomic mass is 10.1. The van der Waals surface area contributed by atoms with E-state index < -0.39 is 10.0 Å². The topological polar surface area (TPSA) is 87.6 Å². The fourth-order valence-corrected chi connectivity index (χ4v) is 4.67. The van der Waals surface area contributed by atoms with Crippen LogP contribution >= 0.6 is 0 Å². The number of sulfonamides is 1. The molecule has 0 saturated carbocycles. The van der Waals surface area contributed by atoms with Gasteiger partial charge in [-0.2, -0.15) is 0 Å². The van der Waals surface area contributed by atoms with Crippen LogP contribution in [0.15, 0.2) is 59.1 Å². The van der Waals surface area contributed by atoms with Gasteiger partial charge in [0, 0.05) is 12.1 Å². The number of hydrogen-bond acceptors (Lipinski definition) is 4. The maximum Gasteiger partial charge on any atom is 0.264 e. The van der Waals surface area contributed by atoms with Crippen LogP contribution in [0.1, 0.15) is 35.6 Å². The largest absolute Gasteiger partial charge is 0.350 e. The van der Waals surface area contributed by atoms with Crippen molar-refractivity contribution in [1.29, 1.82) is 0 Å². The average Bonchev–Trinajstić information content (AvgIpc) is 2.96. The molecule has 3 rings (SSSR count). The quantitative estimate of drug-likeness (QED) is 0.766. The summed E-state index contributed by atoms with van der Waals surface area (Å²) in [5.74, 6) is -0.0231. The molecule has 1 amide bonds. The van der Waals surface area contributed by atoms with E-state index in [4.69, 9.17) is 0 Å². The first-order chi connectivity index (χ1) is 13.8. The minimum Gasteiger partial charge on any atom is -0.350 e. The van der Waals surface area contributed by atoms with Crippen molar-refractivity contribution in [3.63, 3.8) is 0 Å². The molecule has 0 atom stereocenters. The van der Waals surface area contributed by atoms with Crippen molar-refractivity contribution in [3.8, 4) is 0 Å². The second-order valence-corrected chi connectivity index (χ2v) is 8.68. The number of hydrogen-bond donors (Lipinski definition) is 2. The molecule has 1 aliphatic rings. The van der Waals surface area contributed by atoms with Crippen molar-refractivity contribution >= 4 is 26.7 Å². The number of amidine groups is 1. The number of carbonyl (C=O) groups is 1. The molecule has 0 spiro atoms. The highest BCUT2D eigenvalue weighted by Crippen LogP contribution is 2.31. The first-order valence-electron chi connectivity index (χ1n) is 9.50. The van der Waals surface area contributed by atoms with Gasteiger partial charge in [0.15, 0.2) is 0 Å². The average molecular weight is 412 g/mol. The maximum absolute atomic E-state index is 12.7. The molecule has 6 nitrogen and oxygen atoms in total. The number of carbonyl (C=O) groups excluding carboxylic acids is 1. The highest BCUT2D eigenvalue weighted by molar-refractivity contribution is 8.00. The van der Waals surface area contributed by atoms with E-state index in [9.17, 15) is 13.2 Å². The van der Waals surface area contributed by atoms with Crippen LogP contribution in [-0.4, -0.2) is 26.7 Å². The van der Waals surface area contributed by atoms with Crippen molar-refractivity contribution in [2.75, 3.05) is 6.54 Å². The molecule has 29 heavy (non-hydrogen) atoms. The summed E-state index contributed by atoms with van der Waals surface area (Å²) in [5.41, 5.74) is 4.42. The second-order valence-electron chi connectivity index (χ2n) is 7.06. The van der Waals surface area contributed by atoms with Gasteiger partial charge in [-0.15, -0.1) is 0 Å². The number of amides is 1. The SMILES string of the molecule is CCC1=C(c2ccc(C)cc2)S(=O)(=O)NC1=NCC(=O)NCc1ccc(C)cc1. The number of nitrogens with zero attached hydrogens (tertiary/aromatic N) is 1. The zero-order valence-electron chi connectivity index (χ0n) is 16.8. The molecule has 0 aromatic heterocycles. The Hall–Kier alpha value is -2.93. The van der Waals surface area contributed by atoms with Gasteiger partial charge < -0.3 is 5.32 Å². The number of nitrogens with one attached hydrogen (secondary N) is 2. The van der Waals surface area contributed by atoms with Gasteiger partial charge in [0.25, 0.3) is 10.0 Å². The standard InChI is InChI=1S/C22H25N3O3S/c1-4-19-21(18-11-7-16(3)8-12-18)29(27,28)25-22(19)24-14-20(26)23-13-17-9-5-15(2)6-10-17/h5-12H,4,13-14H2,1-3H3,(H,23,26)(H,24,25). The van der Waals surface area contributed by atoms with Crippen LogP contribution < -0.4 is 10.0 Å². The van der Waals surface area contributed by atoms with Crippen LogP contribution in [0.2, 0.25) is 0 Å². The Morgan fingerprint density at radius 3 is 2.17 bits per heavy atom. The molecule has 2 N–H and O–H groups in total. The lowest BCUT2D eigenvalue weighted by Crippen LogP contribution is -2.28. The Labute approximate surface area is 171 Å². The summed E-state index contributed by atoms with van der Waals surface area (Å²) >= 11 is 0. The normalized spacial score (nSPS) is 16.7. The molecule has 152 valence electrons. The Morgan fingerprint density at radius 1 is 1.00 bits per heavy atom. The third kappa shape index (κ3) is 4.92. The van der Waals surface area contributed by atoms with Crippen molar-refractivity contribution < 1.29 is 13.2 Å². The van der Waals surface area contributed by atoms with Crippen LogP contribution in [0.3, 0.4) is 0 Å². The Kier molecular flexibility index (Phi) is 6.17. The van der Waals surface area contributed by atoms with Crippen LogP contribution in [-0.2, 0) is 21.4 Å². The fraction of sp³-hybridized carbons (Fsp3) is 0.273. The molecule has 1 heterocycles. The zero-order valence-corrected chi connectivity index (χ0v) is 17.6. The third-order valence-electron chi connectivity index (χ3n) is 4.72. The molecule has 0 fully saturated rings. The van der Waals surface area contributed by atoms with Crippen LogP contribution in [0, 0.1) is 13.8 Å². The van der Waals surface area contributed by atoms with Crippen LogP contribution in [0.4, 0.5) is 0 Å². The van der Waals surface area contributed by atoms with Gasteiger partial charge in [0.2, 0.25) is 5.91 Å². The molecule has 0 radical (unpaired) electrons. The number of aliphatic imine (C=N–C) groups is 1. The highest BCUT2D eigenvalue weighted by Gasteiger charge is 2.33. The zero-order chi connectivity index (χ0) is 21.0. The van der Waals surface area contributed by atoms with E-state index in [1.807, 2.05) is 57.2 Å². The minimum atomic E-state index is -3.70. The molecule has 1 aliphatic heterocycles. The minimum absolute atomic E-state index is 0.144. The van der Waals surface area contributed by atoms with Crippen LogP contribution in [0.5, 0.6) is 0 Å². The van der Waals surface area contributed by atoms with E-state index in [1.54, 1.807) is 12.1 Å². The predicted molar refractivity (Wildman–Crippen MR) is 116 cm³/mol. The van der Waals surface area contributed by atoms with E-state index in [0.29, 0.717) is 24.1 Å². The van der Waals surface area contributed by atoms with Gasteiger partial charge in [0.05, 0.1) is 0 Å². The van der Waals surface area contributed by atoms with Crippen molar-refractivity contribution in [1.82, 2.24) is 10.0 Å². The van der Waals surface area contributed by atoms with E-state index >= 15 is 0 Å². The maximum atomic E-state index is 12.7. The molecule has 0 unspecified atom stereocenters. The van der Waals surface area contributed by atoms with Crippen molar-refractivity contribution in [3.05, 3.63) is 76.4 Å². The van der Waals surface area contributed by atoms with E-state index in [0.717, 1.165) is 16.7 Å². The summed E-state index contributed by atoms with van der Waals surface area (Å²) in [6.45, 7) is 6.08. The lowest BCUT2D eigenvalue weighted by Gasteiger charge is -2.05. The molecule has 0 aliphatic carbocycles. The Bertz CT molecular complexity index is 1070. The molecular weight excluding hydrogens is 386 g/mol.